The number of hydrogen-bond donors (Lipinski definition) is 1. The van der Waals surface area contributed by atoms with Gasteiger partial charge in [0, 0.05) is 35.1 Å². The van der Waals surface area contributed by atoms with E-state index in [0.717, 1.165) is 42.0 Å². The van der Waals surface area contributed by atoms with Gasteiger partial charge in [-0.2, -0.15) is 0 Å². The lowest BCUT2D eigenvalue weighted by molar-refractivity contribution is 0.100. The Morgan fingerprint density at radius 2 is 1.56 bits per heavy atom. The minimum Gasteiger partial charge on any atom is -0.341 e. The zero-order valence-electron chi connectivity index (χ0n) is 17.0. The van der Waals surface area contributed by atoms with E-state index in [4.69, 9.17) is 0 Å². The normalized spacial score (nSPS) is 10.9. The summed E-state index contributed by atoms with van der Waals surface area (Å²) in [6.07, 6.45) is 0.987. The van der Waals surface area contributed by atoms with Crippen molar-refractivity contribution in [2.45, 2.75) is 47.1 Å². The molecule has 0 unspecified atom stereocenters. The summed E-state index contributed by atoms with van der Waals surface area (Å²) < 4.78 is 0. The molecule has 2 aromatic carbocycles. The van der Waals surface area contributed by atoms with E-state index in [1.165, 1.54) is 0 Å². The Hall–Kier alpha value is -2.46. The Labute approximate surface area is 162 Å². The molecule has 2 rings (SSSR count). The van der Waals surface area contributed by atoms with Gasteiger partial charge >= 0.3 is 0 Å². The molecule has 4 heteroatoms. The second kappa shape index (κ2) is 9.47. The highest BCUT2D eigenvalue weighted by Gasteiger charge is 2.14. The van der Waals surface area contributed by atoms with Crippen molar-refractivity contribution < 1.29 is 9.59 Å². The Morgan fingerprint density at radius 3 is 2.07 bits per heavy atom. The maximum Gasteiger partial charge on any atom is 0.159 e. The van der Waals surface area contributed by atoms with Crippen LogP contribution in [0.3, 0.4) is 0 Å². The van der Waals surface area contributed by atoms with E-state index in [1.54, 1.807) is 13.8 Å². The molecule has 0 saturated carbocycles. The highest BCUT2D eigenvalue weighted by atomic mass is 16.1. The molecule has 0 saturated heterocycles. The van der Waals surface area contributed by atoms with Gasteiger partial charge < -0.3 is 10.2 Å². The van der Waals surface area contributed by atoms with Gasteiger partial charge in [-0.05, 0) is 81.8 Å². The van der Waals surface area contributed by atoms with Gasteiger partial charge in [0.2, 0.25) is 0 Å². The molecule has 0 aromatic heterocycles. The van der Waals surface area contributed by atoms with E-state index in [9.17, 15) is 9.59 Å². The molecule has 0 fully saturated rings. The lowest BCUT2D eigenvalue weighted by Gasteiger charge is -2.27. The summed E-state index contributed by atoms with van der Waals surface area (Å²) in [6.45, 7) is 11.3. The van der Waals surface area contributed by atoms with Crippen LogP contribution in [-0.2, 0) is 0 Å². The lowest BCUT2D eigenvalue weighted by Crippen LogP contribution is -2.28. The first kappa shape index (κ1) is 20.8. The third-order valence-corrected chi connectivity index (χ3v) is 4.59. The second-order valence-electron chi connectivity index (χ2n) is 7.27. The largest absolute Gasteiger partial charge is 0.341 e. The van der Waals surface area contributed by atoms with Crippen LogP contribution in [0.1, 0.15) is 60.4 Å². The molecule has 0 amide bonds. The van der Waals surface area contributed by atoms with Crippen molar-refractivity contribution in [3.63, 3.8) is 0 Å². The van der Waals surface area contributed by atoms with E-state index in [1.807, 2.05) is 49.4 Å². The quantitative estimate of drug-likeness (QED) is 0.505. The van der Waals surface area contributed by atoms with Crippen LogP contribution >= 0.6 is 0 Å². The van der Waals surface area contributed by atoms with Crippen molar-refractivity contribution in [3.05, 3.63) is 59.2 Å². The fourth-order valence-electron chi connectivity index (χ4n) is 3.07. The van der Waals surface area contributed by atoms with Crippen molar-refractivity contribution in [3.8, 4) is 0 Å². The van der Waals surface area contributed by atoms with E-state index in [2.05, 4.69) is 24.1 Å². The molecular formula is C23H30N2O2. The predicted molar refractivity (Wildman–Crippen MR) is 112 cm³/mol. The van der Waals surface area contributed by atoms with Crippen LogP contribution < -0.4 is 10.2 Å². The van der Waals surface area contributed by atoms with Crippen LogP contribution in [-0.4, -0.2) is 30.7 Å². The third kappa shape index (κ3) is 5.76. The fourth-order valence-corrected chi connectivity index (χ4v) is 3.07. The van der Waals surface area contributed by atoms with Crippen LogP contribution in [0.15, 0.2) is 42.5 Å². The van der Waals surface area contributed by atoms with Gasteiger partial charge in [-0.15, -0.1) is 0 Å². The number of benzene rings is 2. The number of ketones is 2. The van der Waals surface area contributed by atoms with Gasteiger partial charge in [0.05, 0.1) is 0 Å². The first-order valence-electron chi connectivity index (χ1n) is 9.53. The predicted octanol–water partition coefficient (Wildman–Crippen LogP) is 4.93. The maximum absolute atomic E-state index is 11.7. The molecule has 0 spiro atoms. The molecule has 1 N–H and O–H groups in total. The third-order valence-electron chi connectivity index (χ3n) is 4.59. The van der Waals surface area contributed by atoms with E-state index < -0.39 is 0 Å². The zero-order chi connectivity index (χ0) is 20.0. The number of carbonyl (C=O) groups excluding carboxylic acids is 2. The lowest BCUT2D eigenvalue weighted by atomic mass is 10.0. The van der Waals surface area contributed by atoms with Crippen molar-refractivity contribution in [2.24, 2.45) is 0 Å². The number of carbonyl (C=O) groups is 2. The minimum atomic E-state index is 0.0659. The molecule has 4 nitrogen and oxygen atoms in total. The van der Waals surface area contributed by atoms with Crippen LogP contribution in [0.4, 0.5) is 11.4 Å². The summed E-state index contributed by atoms with van der Waals surface area (Å²) >= 11 is 0. The van der Waals surface area contributed by atoms with Gasteiger partial charge in [0.15, 0.2) is 11.6 Å². The Bertz CT molecular complexity index is 795. The van der Waals surface area contributed by atoms with Crippen molar-refractivity contribution in [1.29, 1.82) is 0 Å². The SMILES string of the molecule is CC(=O)c1ccc(N(CCCNC(C)C)c2ccc(C(C)=O)cc2C)cc1. The molecule has 0 bridgehead atoms. The Balaban J connectivity index is 2.31. The average Bonchev–Trinajstić information content (AvgIpc) is 2.62. The van der Waals surface area contributed by atoms with E-state index >= 15 is 0 Å². The summed E-state index contributed by atoms with van der Waals surface area (Å²) in [5.41, 5.74) is 4.63. The zero-order valence-corrected chi connectivity index (χ0v) is 17.0. The molecule has 0 heterocycles. The second-order valence-corrected chi connectivity index (χ2v) is 7.27. The van der Waals surface area contributed by atoms with Crippen molar-refractivity contribution in [1.82, 2.24) is 5.32 Å². The minimum absolute atomic E-state index is 0.0659. The summed E-state index contributed by atoms with van der Waals surface area (Å²) in [5, 5.41) is 3.45. The van der Waals surface area contributed by atoms with Crippen molar-refractivity contribution in [2.75, 3.05) is 18.0 Å². The van der Waals surface area contributed by atoms with Gasteiger partial charge in [0.25, 0.3) is 0 Å². The molecule has 0 aliphatic rings. The highest BCUT2D eigenvalue weighted by Crippen LogP contribution is 2.29. The summed E-state index contributed by atoms with van der Waals surface area (Å²) in [6, 6.07) is 14.0. The van der Waals surface area contributed by atoms with E-state index in [-0.39, 0.29) is 11.6 Å². The van der Waals surface area contributed by atoms with Crippen LogP contribution in [0.2, 0.25) is 0 Å². The maximum atomic E-state index is 11.7. The molecule has 0 radical (unpaired) electrons. The van der Waals surface area contributed by atoms with Gasteiger partial charge in [-0.25, -0.2) is 0 Å². The number of aryl methyl sites for hydroxylation is 1. The molecule has 144 valence electrons. The standard InChI is InChI=1S/C23H30N2O2/c1-16(2)24-13-6-14-25(22-10-7-20(8-11-22)18(4)26)23-12-9-21(19(5)27)15-17(23)3/h7-12,15-16,24H,6,13-14H2,1-5H3. The van der Waals surface area contributed by atoms with Crippen LogP contribution in [0.5, 0.6) is 0 Å². The molecule has 27 heavy (non-hydrogen) atoms. The van der Waals surface area contributed by atoms with Crippen molar-refractivity contribution >= 4 is 22.9 Å². The van der Waals surface area contributed by atoms with Gasteiger partial charge in [-0.1, -0.05) is 13.8 Å². The molecular weight excluding hydrogens is 336 g/mol. The molecule has 0 aliphatic carbocycles. The number of anilines is 2. The summed E-state index contributed by atoms with van der Waals surface area (Å²) in [5.74, 6) is 0.138. The molecule has 2 aromatic rings. The summed E-state index contributed by atoms with van der Waals surface area (Å²) in [4.78, 5) is 25.5. The number of nitrogens with zero attached hydrogens (tertiary/aromatic N) is 1. The molecule has 0 aliphatic heterocycles. The topological polar surface area (TPSA) is 49.4 Å². The fraction of sp³-hybridized carbons (Fsp3) is 0.391. The Kier molecular flexibility index (Phi) is 7.31. The van der Waals surface area contributed by atoms with Gasteiger partial charge in [0.1, 0.15) is 0 Å². The first-order valence-corrected chi connectivity index (χ1v) is 9.53. The van der Waals surface area contributed by atoms with E-state index in [0.29, 0.717) is 11.6 Å². The number of nitrogens with one attached hydrogen (secondary N) is 1. The Morgan fingerprint density at radius 1 is 0.963 bits per heavy atom. The number of hydrogen-bond acceptors (Lipinski definition) is 4. The van der Waals surface area contributed by atoms with Crippen LogP contribution in [0.25, 0.3) is 0 Å². The average molecular weight is 367 g/mol. The highest BCUT2D eigenvalue weighted by molar-refractivity contribution is 5.95. The van der Waals surface area contributed by atoms with Gasteiger partial charge in [-0.3, -0.25) is 9.59 Å². The van der Waals surface area contributed by atoms with Crippen LogP contribution in [0, 0.1) is 6.92 Å². The first-order chi connectivity index (χ1) is 12.8. The number of Topliss-reactive ketones (excluding diaryl/α,β-unsaturated/α-hetero) is 2. The monoisotopic (exact) mass is 366 g/mol. The molecule has 0 atom stereocenters. The summed E-state index contributed by atoms with van der Waals surface area (Å²) in [7, 11) is 0. The smallest absolute Gasteiger partial charge is 0.159 e. The number of rotatable bonds is 9.